The van der Waals surface area contributed by atoms with E-state index in [1.165, 1.54) is 64.2 Å². The van der Waals surface area contributed by atoms with E-state index >= 15 is 0 Å². The zero-order chi connectivity index (χ0) is 16.4. The molecule has 0 aromatic carbocycles. The third-order valence-corrected chi connectivity index (χ3v) is 5.14. The molecule has 0 aliphatic heterocycles. The van der Waals surface area contributed by atoms with Gasteiger partial charge in [0.2, 0.25) is 5.88 Å². The largest absolute Gasteiger partial charge is 0.480 e. The lowest BCUT2D eigenvalue weighted by Crippen LogP contribution is -2.30. The molecule has 0 fully saturated rings. The molecule has 128 valence electrons. The SMILES string of the molecule is CCCCCCCC(C)(CCCCC)n1cnc(Br)c1OC. The molecule has 0 spiro atoms. The summed E-state index contributed by atoms with van der Waals surface area (Å²) >= 11 is 3.50. The molecular formula is C18H33BrN2O. The van der Waals surface area contributed by atoms with Gasteiger partial charge in [0.1, 0.15) is 0 Å². The number of unbranched alkanes of at least 4 members (excludes halogenated alkanes) is 6. The standard InChI is InChI=1S/C18H33BrN2O/c1-5-7-9-10-12-14-18(3,13-11-8-6-2)21-15-20-16(19)17(21)22-4/h15H,5-14H2,1-4H3. The van der Waals surface area contributed by atoms with Crippen molar-refractivity contribution in [1.29, 1.82) is 0 Å². The van der Waals surface area contributed by atoms with Crippen LogP contribution in [-0.4, -0.2) is 16.7 Å². The smallest absolute Gasteiger partial charge is 0.229 e. The fourth-order valence-electron chi connectivity index (χ4n) is 3.11. The highest BCUT2D eigenvalue weighted by atomic mass is 79.9. The molecule has 0 bridgehead atoms. The maximum Gasteiger partial charge on any atom is 0.229 e. The molecule has 1 rings (SSSR count). The van der Waals surface area contributed by atoms with Crippen LogP contribution >= 0.6 is 15.9 Å². The predicted octanol–water partition coefficient (Wildman–Crippen LogP) is 6.31. The van der Waals surface area contributed by atoms with Crippen molar-refractivity contribution in [1.82, 2.24) is 9.55 Å². The molecule has 1 heterocycles. The molecule has 0 aliphatic carbocycles. The minimum atomic E-state index is 0.103. The minimum absolute atomic E-state index is 0.103. The van der Waals surface area contributed by atoms with Gasteiger partial charge >= 0.3 is 0 Å². The Hall–Kier alpha value is -0.510. The third-order valence-electron chi connectivity index (χ3n) is 4.59. The summed E-state index contributed by atoms with van der Waals surface area (Å²) in [5.74, 6) is 0.854. The van der Waals surface area contributed by atoms with E-state index in [2.05, 4.69) is 46.3 Å². The number of aromatic nitrogens is 2. The van der Waals surface area contributed by atoms with Gasteiger partial charge in [0, 0.05) is 5.54 Å². The Bertz CT molecular complexity index is 419. The van der Waals surface area contributed by atoms with Crippen LogP contribution in [0.3, 0.4) is 0 Å². The van der Waals surface area contributed by atoms with Gasteiger partial charge in [0.25, 0.3) is 0 Å². The molecule has 1 unspecified atom stereocenters. The van der Waals surface area contributed by atoms with Gasteiger partial charge in [-0.1, -0.05) is 65.2 Å². The van der Waals surface area contributed by atoms with Crippen molar-refractivity contribution in [3.05, 3.63) is 10.9 Å². The molecule has 1 aromatic heterocycles. The Morgan fingerprint density at radius 1 is 1.05 bits per heavy atom. The lowest BCUT2D eigenvalue weighted by atomic mass is 9.88. The summed E-state index contributed by atoms with van der Waals surface area (Å²) in [6.45, 7) is 6.89. The van der Waals surface area contributed by atoms with E-state index in [0.29, 0.717) is 0 Å². The number of ether oxygens (including phenoxy) is 1. The minimum Gasteiger partial charge on any atom is -0.480 e. The second kappa shape index (κ2) is 10.3. The number of nitrogens with zero attached hydrogens (tertiary/aromatic N) is 2. The topological polar surface area (TPSA) is 27.1 Å². The Balaban J connectivity index is 2.76. The maximum absolute atomic E-state index is 5.57. The number of hydrogen-bond donors (Lipinski definition) is 0. The Labute approximate surface area is 145 Å². The van der Waals surface area contributed by atoms with Crippen LogP contribution in [0.1, 0.15) is 85.0 Å². The lowest BCUT2D eigenvalue weighted by Gasteiger charge is -2.32. The highest BCUT2D eigenvalue weighted by Gasteiger charge is 2.29. The van der Waals surface area contributed by atoms with E-state index < -0.39 is 0 Å². The van der Waals surface area contributed by atoms with Crippen molar-refractivity contribution in [2.24, 2.45) is 0 Å². The molecule has 0 amide bonds. The third kappa shape index (κ3) is 5.60. The lowest BCUT2D eigenvalue weighted by molar-refractivity contribution is 0.222. The molecule has 22 heavy (non-hydrogen) atoms. The number of rotatable bonds is 12. The molecule has 1 aromatic rings. The number of imidazole rings is 1. The van der Waals surface area contributed by atoms with Crippen LogP contribution in [0.25, 0.3) is 0 Å². The van der Waals surface area contributed by atoms with E-state index in [1.807, 2.05) is 6.33 Å². The quantitative estimate of drug-likeness (QED) is 0.402. The first-order valence-corrected chi connectivity index (χ1v) is 9.65. The monoisotopic (exact) mass is 372 g/mol. The number of halogens is 1. The van der Waals surface area contributed by atoms with Crippen LogP contribution in [0.15, 0.2) is 10.9 Å². The summed E-state index contributed by atoms with van der Waals surface area (Å²) in [6, 6.07) is 0. The van der Waals surface area contributed by atoms with Crippen molar-refractivity contribution >= 4 is 15.9 Å². The molecule has 0 saturated carbocycles. The van der Waals surface area contributed by atoms with Crippen molar-refractivity contribution in [2.45, 2.75) is 90.5 Å². The molecule has 0 aliphatic rings. The zero-order valence-corrected chi connectivity index (χ0v) is 16.4. The number of methoxy groups -OCH3 is 1. The number of hydrogen-bond acceptors (Lipinski definition) is 2. The first-order valence-electron chi connectivity index (χ1n) is 8.86. The van der Waals surface area contributed by atoms with Gasteiger partial charge < -0.3 is 4.74 Å². The van der Waals surface area contributed by atoms with Crippen LogP contribution in [0.4, 0.5) is 0 Å². The van der Waals surface area contributed by atoms with Gasteiger partial charge in [0.05, 0.1) is 13.4 Å². The Morgan fingerprint density at radius 3 is 2.18 bits per heavy atom. The molecule has 4 heteroatoms. The van der Waals surface area contributed by atoms with Gasteiger partial charge in [-0.05, 0) is 35.7 Å². The maximum atomic E-state index is 5.57. The van der Waals surface area contributed by atoms with Gasteiger partial charge in [-0.3, -0.25) is 4.57 Å². The molecule has 0 N–H and O–H groups in total. The van der Waals surface area contributed by atoms with Crippen molar-refractivity contribution in [3.8, 4) is 5.88 Å². The predicted molar refractivity (Wildman–Crippen MR) is 97.6 cm³/mol. The first kappa shape index (κ1) is 19.5. The highest BCUT2D eigenvalue weighted by Crippen LogP contribution is 2.36. The van der Waals surface area contributed by atoms with Crippen LogP contribution in [-0.2, 0) is 5.54 Å². The first-order chi connectivity index (χ1) is 10.6. The average molecular weight is 373 g/mol. The van der Waals surface area contributed by atoms with Crippen LogP contribution in [0, 0.1) is 0 Å². The van der Waals surface area contributed by atoms with Crippen molar-refractivity contribution in [3.63, 3.8) is 0 Å². The van der Waals surface area contributed by atoms with Gasteiger partial charge in [0.15, 0.2) is 4.60 Å². The molecule has 1 atom stereocenters. The fraction of sp³-hybridized carbons (Fsp3) is 0.833. The zero-order valence-electron chi connectivity index (χ0n) is 14.8. The average Bonchev–Trinajstić information content (AvgIpc) is 2.89. The summed E-state index contributed by atoms with van der Waals surface area (Å²) < 4.78 is 8.62. The van der Waals surface area contributed by atoms with Crippen molar-refractivity contribution < 1.29 is 4.74 Å². The molecule has 0 saturated heterocycles. The molecule has 3 nitrogen and oxygen atoms in total. The normalized spacial score (nSPS) is 14.0. The second-order valence-corrected chi connectivity index (χ2v) is 7.28. The summed E-state index contributed by atoms with van der Waals surface area (Å²) in [4.78, 5) is 4.39. The Morgan fingerprint density at radius 2 is 1.59 bits per heavy atom. The van der Waals surface area contributed by atoms with Gasteiger partial charge in [-0.2, -0.15) is 0 Å². The summed E-state index contributed by atoms with van der Waals surface area (Å²) in [7, 11) is 1.73. The van der Waals surface area contributed by atoms with E-state index in [4.69, 9.17) is 4.74 Å². The summed E-state index contributed by atoms with van der Waals surface area (Å²) in [5, 5.41) is 0. The summed E-state index contributed by atoms with van der Waals surface area (Å²) in [5.41, 5.74) is 0.103. The van der Waals surface area contributed by atoms with Gasteiger partial charge in [-0.15, -0.1) is 0 Å². The molecule has 0 radical (unpaired) electrons. The van der Waals surface area contributed by atoms with E-state index in [9.17, 15) is 0 Å². The fourth-order valence-corrected chi connectivity index (χ4v) is 3.56. The van der Waals surface area contributed by atoms with E-state index in [-0.39, 0.29) is 5.54 Å². The summed E-state index contributed by atoms with van der Waals surface area (Å²) in [6.07, 6.45) is 14.8. The van der Waals surface area contributed by atoms with E-state index in [1.54, 1.807) is 7.11 Å². The Kier molecular flexibility index (Phi) is 9.15. The second-order valence-electron chi connectivity index (χ2n) is 6.53. The van der Waals surface area contributed by atoms with Gasteiger partial charge in [-0.25, -0.2) is 4.98 Å². The van der Waals surface area contributed by atoms with Crippen molar-refractivity contribution in [2.75, 3.05) is 7.11 Å². The highest BCUT2D eigenvalue weighted by molar-refractivity contribution is 9.10. The van der Waals surface area contributed by atoms with Crippen LogP contribution in [0.5, 0.6) is 5.88 Å². The van der Waals surface area contributed by atoms with Crippen LogP contribution in [0.2, 0.25) is 0 Å². The van der Waals surface area contributed by atoms with Crippen LogP contribution < -0.4 is 4.74 Å². The van der Waals surface area contributed by atoms with E-state index in [0.717, 1.165) is 10.5 Å². The molecular weight excluding hydrogens is 340 g/mol.